The van der Waals surface area contributed by atoms with Crippen LogP contribution < -0.4 is 0 Å². The predicted molar refractivity (Wildman–Crippen MR) is 66.8 cm³/mol. The second-order valence-electron chi connectivity index (χ2n) is 4.00. The second-order valence-corrected chi connectivity index (χ2v) is 4.00. The predicted octanol–water partition coefficient (Wildman–Crippen LogP) is 3.36. The van der Waals surface area contributed by atoms with E-state index in [9.17, 15) is 13.6 Å². The van der Waals surface area contributed by atoms with E-state index in [1.54, 1.807) is 0 Å². The van der Waals surface area contributed by atoms with E-state index in [1.165, 1.54) is 6.07 Å². The average Bonchev–Trinajstić information content (AvgIpc) is 2.40. The molecule has 2 rings (SSSR count). The van der Waals surface area contributed by atoms with Crippen molar-refractivity contribution in [3.05, 3.63) is 71.3 Å². The van der Waals surface area contributed by atoms with Crippen molar-refractivity contribution in [1.82, 2.24) is 0 Å². The van der Waals surface area contributed by atoms with Crippen LogP contribution in [0.15, 0.2) is 48.5 Å². The molecule has 2 aromatic rings. The van der Waals surface area contributed by atoms with Crippen LogP contribution in [0.25, 0.3) is 0 Å². The van der Waals surface area contributed by atoms with Gasteiger partial charge in [0.25, 0.3) is 0 Å². The van der Waals surface area contributed by atoms with Gasteiger partial charge >= 0.3 is 0 Å². The van der Waals surface area contributed by atoms with E-state index in [1.807, 2.05) is 30.3 Å². The zero-order valence-corrected chi connectivity index (χ0v) is 10.1. The lowest BCUT2D eigenvalue weighted by Gasteiger charge is -2.05. The maximum absolute atomic E-state index is 13.3. The van der Waals surface area contributed by atoms with Crippen LogP contribution in [0.4, 0.5) is 8.78 Å². The monoisotopic (exact) mass is 262 g/mol. The SMILES string of the molecule is O=C(COCc1ccccc1)c1c(F)cccc1F. The Labute approximate surface area is 109 Å². The summed E-state index contributed by atoms with van der Waals surface area (Å²) in [6.07, 6.45) is 0. The Hall–Kier alpha value is -2.07. The van der Waals surface area contributed by atoms with E-state index in [0.29, 0.717) is 0 Å². The number of ether oxygens (including phenoxy) is 1. The van der Waals surface area contributed by atoms with Crippen LogP contribution in [-0.2, 0) is 11.3 Å². The van der Waals surface area contributed by atoms with Crippen molar-refractivity contribution in [2.24, 2.45) is 0 Å². The van der Waals surface area contributed by atoms with Gasteiger partial charge in [-0.25, -0.2) is 8.78 Å². The second kappa shape index (κ2) is 6.20. The van der Waals surface area contributed by atoms with Crippen LogP contribution in [0.5, 0.6) is 0 Å². The summed E-state index contributed by atoms with van der Waals surface area (Å²) in [4.78, 5) is 11.7. The third-order valence-electron chi connectivity index (χ3n) is 2.59. The van der Waals surface area contributed by atoms with E-state index in [2.05, 4.69) is 0 Å². The van der Waals surface area contributed by atoms with E-state index in [4.69, 9.17) is 4.74 Å². The Balaban J connectivity index is 1.95. The summed E-state index contributed by atoms with van der Waals surface area (Å²) in [7, 11) is 0. The summed E-state index contributed by atoms with van der Waals surface area (Å²) in [5.74, 6) is -2.44. The zero-order chi connectivity index (χ0) is 13.7. The third kappa shape index (κ3) is 3.45. The topological polar surface area (TPSA) is 26.3 Å². The fourth-order valence-electron chi connectivity index (χ4n) is 1.67. The van der Waals surface area contributed by atoms with Crippen molar-refractivity contribution in [2.45, 2.75) is 6.61 Å². The molecule has 0 unspecified atom stereocenters. The smallest absolute Gasteiger partial charge is 0.194 e. The normalized spacial score (nSPS) is 10.4. The van der Waals surface area contributed by atoms with Gasteiger partial charge in [0, 0.05) is 0 Å². The summed E-state index contributed by atoms with van der Waals surface area (Å²) in [6.45, 7) is -0.130. The van der Waals surface area contributed by atoms with Gasteiger partial charge in [-0.05, 0) is 17.7 Å². The molecule has 2 nitrogen and oxygen atoms in total. The number of rotatable bonds is 5. The van der Waals surface area contributed by atoms with Gasteiger partial charge in [-0.15, -0.1) is 0 Å². The van der Waals surface area contributed by atoms with Gasteiger partial charge in [-0.1, -0.05) is 36.4 Å². The Morgan fingerprint density at radius 3 is 2.21 bits per heavy atom. The number of hydrogen-bond acceptors (Lipinski definition) is 2. The van der Waals surface area contributed by atoms with Crippen LogP contribution in [0.3, 0.4) is 0 Å². The zero-order valence-electron chi connectivity index (χ0n) is 10.1. The molecule has 4 heteroatoms. The Morgan fingerprint density at radius 1 is 0.947 bits per heavy atom. The molecule has 0 fully saturated rings. The van der Waals surface area contributed by atoms with Gasteiger partial charge in [0.15, 0.2) is 5.78 Å². The molecule has 0 aliphatic rings. The van der Waals surface area contributed by atoms with Crippen molar-refractivity contribution in [3.63, 3.8) is 0 Å². The van der Waals surface area contributed by atoms with Crippen LogP contribution in [0, 0.1) is 11.6 Å². The molecule has 98 valence electrons. The molecule has 0 spiro atoms. The van der Waals surface area contributed by atoms with Gasteiger partial charge in [0.05, 0.1) is 12.2 Å². The average molecular weight is 262 g/mol. The number of halogens is 2. The van der Waals surface area contributed by atoms with Crippen molar-refractivity contribution < 1.29 is 18.3 Å². The Bertz CT molecular complexity index is 547. The van der Waals surface area contributed by atoms with Crippen molar-refractivity contribution in [1.29, 1.82) is 0 Å². The first-order valence-electron chi connectivity index (χ1n) is 5.77. The maximum atomic E-state index is 13.3. The molecule has 0 saturated carbocycles. The summed E-state index contributed by atoms with van der Waals surface area (Å²) in [5, 5.41) is 0. The first-order valence-corrected chi connectivity index (χ1v) is 5.77. The Morgan fingerprint density at radius 2 is 1.58 bits per heavy atom. The van der Waals surface area contributed by atoms with E-state index < -0.39 is 23.0 Å². The maximum Gasteiger partial charge on any atom is 0.194 e. The molecular formula is C15H12F2O2. The fraction of sp³-hybridized carbons (Fsp3) is 0.133. The standard InChI is InChI=1S/C15H12F2O2/c16-12-7-4-8-13(17)15(12)14(18)10-19-9-11-5-2-1-3-6-11/h1-8H,9-10H2. The number of ketones is 1. The van der Waals surface area contributed by atoms with Crippen LogP contribution >= 0.6 is 0 Å². The van der Waals surface area contributed by atoms with Crippen LogP contribution in [0.1, 0.15) is 15.9 Å². The highest BCUT2D eigenvalue weighted by atomic mass is 19.1. The number of carbonyl (C=O) groups is 1. The van der Waals surface area contributed by atoms with Crippen molar-refractivity contribution in [3.8, 4) is 0 Å². The minimum atomic E-state index is -0.867. The van der Waals surface area contributed by atoms with E-state index in [0.717, 1.165) is 17.7 Å². The molecule has 0 aliphatic carbocycles. The van der Waals surface area contributed by atoms with Crippen molar-refractivity contribution in [2.75, 3.05) is 6.61 Å². The molecule has 0 heterocycles. The molecular weight excluding hydrogens is 250 g/mol. The highest BCUT2D eigenvalue weighted by Crippen LogP contribution is 2.13. The van der Waals surface area contributed by atoms with Gasteiger partial charge in [-0.2, -0.15) is 0 Å². The number of carbonyl (C=O) groups excluding carboxylic acids is 1. The van der Waals surface area contributed by atoms with Crippen molar-refractivity contribution >= 4 is 5.78 Å². The summed E-state index contributed by atoms with van der Waals surface area (Å²) < 4.78 is 31.8. The van der Waals surface area contributed by atoms with Gasteiger partial charge in [0.1, 0.15) is 18.2 Å². The van der Waals surface area contributed by atoms with Gasteiger partial charge < -0.3 is 4.74 Å². The first kappa shape index (κ1) is 13.4. The highest BCUT2D eigenvalue weighted by molar-refractivity contribution is 5.97. The fourth-order valence-corrected chi connectivity index (χ4v) is 1.67. The third-order valence-corrected chi connectivity index (χ3v) is 2.59. The molecule has 0 aliphatic heterocycles. The van der Waals surface area contributed by atoms with Gasteiger partial charge in [0.2, 0.25) is 0 Å². The molecule has 0 bridgehead atoms. The highest BCUT2D eigenvalue weighted by Gasteiger charge is 2.16. The minimum Gasteiger partial charge on any atom is -0.369 e. The largest absolute Gasteiger partial charge is 0.369 e. The number of benzene rings is 2. The number of Topliss-reactive ketones (excluding diaryl/α,β-unsaturated/α-hetero) is 1. The lowest BCUT2D eigenvalue weighted by Crippen LogP contribution is -2.13. The van der Waals surface area contributed by atoms with Crippen LogP contribution in [0.2, 0.25) is 0 Å². The Kier molecular flexibility index (Phi) is 4.36. The molecule has 0 saturated heterocycles. The summed E-state index contributed by atoms with van der Waals surface area (Å²) in [6, 6.07) is 12.5. The summed E-state index contributed by atoms with van der Waals surface area (Å²) in [5.41, 5.74) is 0.347. The molecule has 0 N–H and O–H groups in total. The molecule has 0 atom stereocenters. The van der Waals surface area contributed by atoms with Crippen LogP contribution in [-0.4, -0.2) is 12.4 Å². The molecule has 0 radical (unpaired) electrons. The number of hydrogen-bond donors (Lipinski definition) is 0. The van der Waals surface area contributed by atoms with E-state index >= 15 is 0 Å². The lowest BCUT2D eigenvalue weighted by atomic mass is 10.1. The molecule has 0 amide bonds. The summed E-state index contributed by atoms with van der Waals surface area (Å²) >= 11 is 0. The molecule has 19 heavy (non-hydrogen) atoms. The minimum absolute atomic E-state index is 0.225. The quantitative estimate of drug-likeness (QED) is 0.772. The van der Waals surface area contributed by atoms with E-state index in [-0.39, 0.29) is 13.2 Å². The lowest BCUT2D eigenvalue weighted by molar-refractivity contribution is 0.0718. The first-order chi connectivity index (χ1) is 9.18. The molecule has 0 aromatic heterocycles. The molecule has 2 aromatic carbocycles. The van der Waals surface area contributed by atoms with Gasteiger partial charge in [-0.3, -0.25) is 4.79 Å².